The molecule has 0 atom stereocenters. The van der Waals surface area contributed by atoms with Gasteiger partial charge in [0.15, 0.2) is 0 Å². The van der Waals surface area contributed by atoms with Crippen molar-refractivity contribution < 1.29 is 14.6 Å². The van der Waals surface area contributed by atoms with E-state index < -0.39 is 0 Å². The molecule has 1 saturated heterocycles. The second-order valence-corrected chi connectivity index (χ2v) is 5.00. The first-order chi connectivity index (χ1) is 8.74. The van der Waals surface area contributed by atoms with Crippen LogP contribution < -0.4 is 0 Å². The van der Waals surface area contributed by atoms with Gasteiger partial charge in [-0.25, -0.2) is 0 Å². The maximum absolute atomic E-state index is 12.3. The van der Waals surface area contributed by atoms with Crippen molar-refractivity contribution in [3.63, 3.8) is 0 Å². The third-order valence-electron chi connectivity index (χ3n) is 3.72. The van der Waals surface area contributed by atoms with E-state index in [4.69, 9.17) is 4.74 Å². The number of carbonyl (C=O) groups is 1. The molecule has 0 bridgehead atoms. The Hall–Kier alpha value is -1.39. The number of amides is 1. The lowest BCUT2D eigenvalue weighted by Crippen LogP contribution is -2.40. The van der Waals surface area contributed by atoms with Gasteiger partial charge in [-0.15, -0.1) is 0 Å². The minimum absolute atomic E-state index is 0.0663. The third-order valence-corrected chi connectivity index (χ3v) is 3.72. The molecule has 2 heterocycles. The van der Waals surface area contributed by atoms with Gasteiger partial charge >= 0.3 is 0 Å². The highest BCUT2D eigenvalue weighted by molar-refractivity contribution is 5.94. The lowest BCUT2D eigenvalue weighted by molar-refractivity contribution is 0.0546. The van der Waals surface area contributed by atoms with Crippen molar-refractivity contribution in [3.05, 3.63) is 34.9 Å². The van der Waals surface area contributed by atoms with Gasteiger partial charge in [0.25, 0.3) is 5.91 Å². The third kappa shape index (κ3) is 2.13. The number of ether oxygens (including phenoxy) is 1. The molecule has 96 valence electrons. The number of fused-ring (bicyclic) bond motifs is 1. The SMILES string of the molecule is O=C(c1ccc2c(c1)COC2)N1CCC(O)CC1. The first kappa shape index (κ1) is 11.7. The highest BCUT2D eigenvalue weighted by Gasteiger charge is 2.23. The van der Waals surface area contributed by atoms with Gasteiger partial charge in [0.05, 0.1) is 19.3 Å². The van der Waals surface area contributed by atoms with E-state index in [0.717, 1.165) is 11.1 Å². The summed E-state index contributed by atoms with van der Waals surface area (Å²) in [5, 5.41) is 9.45. The maximum Gasteiger partial charge on any atom is 0.253 e. The molecule has 1 aromatic rings. The van der Waals surface area contributed by atoms with Gasteiger partial charge in [0.1, 0.15) is 0 Å². The van der Waals surface area contributed by atoms with Crippen LogP contribution in [0, 0.1) is 0 Å². The van der Waals surface area contributed by atoms with Gasteiger partial charge in [-0.3, -0.25) is 4.79 Å². The number of nitrogens with zero attached hydrogens (tertiary/aromatic N) is 1. The maximum atomic E-state index is 12.3. The Morgan fingerprint density at radius 2 is 1.94 bits per heavy atom. The summed E-state index contributed by atoms with van der Waals surface area (Å²) in [5.41, 5.74) is 3.04. The van der Waals surface area contributed by atoms with Gasteiger partial charge in [0.2, 0.25) is 0 Å². The van der Waals surface area contributed by atoms with Crippen molar-refractivity contribution >= 4 is 5.91 Å². The van der Waals surface area contributed by atoms with Crippen LogP contribution in [-0.2, 0) is 18.0 Å². The Morgan fingerprint density at radius 1 is 1.22 bits per heavy atom. The molecule has 3 rings (SSSR count). The molecular weight excluding hydrogens is 230 g/mol. The number of benzene rings is 1. The van der Waals surface area contributed by atoms with Crippen LogP contribution in [0.15, 0.2) is 18.2 Å². The highest BCUT2D eigenvalue weighted by atomic mass is 16.5. The molecule has 4 heteroatoms. The van der Waals surface area contributed by atoms with E-state index in [9.17, 15) is 9.90 Å². The summed E-state index contributed by atoms with van der Waals surface area (Å²) in [7, 11) is 0. The summed E-state index contributed by atoms with van der Waals surface area (Å²) >= 11 is 0. The minimum Gasteiger partial charge on any atom is -0.393 e. The van der Waals surface area contributed by atoms with Crippen LogP contribution in [0.2, 0.25) is 0 Å². The topological polar surface area (TPSA) is 49.8 Å². The Balaban J connectivity index is 1.76. The average molecular weight is 247 g/mol. The fourth-order valence-corrected chi connectivity index (χ4v) is 2.56. The zero-order valence-electron chi connectivity index (χ0n) is 10.3. The number of aliphatic hydroxyl groups excluding tert-OH is 1. The Bertz CT molecular complexity index is 464. The molecule has 4 nitrogen and oxygen atoms in total. The number of hydrogen-bond acceptors (Lipinski definition) is 3. The number of rotatable bonds is 1. The molecule has 1 N–H and O–H groups in total. The lowest BCUT2D eigenvalue weighted by atomic mass is 10.0. The predicted molar refractivity (Wildman–Crippen MR) is 66.1 cm³/mol. The van der Waals surface area contributed by atoms with Crippen molar-refractivity contribution in [2.45, 2.75) is 32.2 Å². The number of likely N-dealkylation sites (tertiary alicyclic amines) is 1. The Labute approximate surface area is 106 Å². The van der Waals surface area contributed by atoms with E-state index >= 15 is 0 Å². The molecule has 0 aromatic heterocycles. The van der Waals surface area contributed by atoms with Crippen LogP contribution >= 0.6 is 0 Å². The lowest BCUT2D eigenvalue weighted by Gasteiger charge is -2.29. The molecule has 0 spiro atoms. The second kappa shape index (κ2) is 4.71. The number of aliphatic hydroxyl groups is 1. The second-order valence-electron chi connectivity index (χ2n) is 5.00. The van der Waals surface area contributed by atoms with Crippen LogP contribution in [0.5, 0.6) is 0 Å². The Morgan fingerprint density at radius 3 is 2.72 bits per heavy atom. The highest BCUT2D eigenvalue weighted by Crippen LogP contribution is 2.22. The molecule has 18 heavy (non-hydrogen) atoms. The normalized spacial score (nSPS) is 19.9. The van der Waals surface area contributed by atoms with Crippen LogP contribution in [-0.4, -0.2) is 35.1 Å². The van der Waals surface area contributed by atoms with E-state index in [1.54, 1.807) is 0 Å². The van der Waals surface area contributed by atoms with E-state index in [-0.39, 0.29) is 12.0 Å². The first-order valence-electron chi connectivity index (χ1n) is 6.41. The predicted octanol–water partition coefficient (Wildman–Crippen LogP) is 1.31. The van der Waals surface area contributed by atoms with Crippen molar-refractivity contribution in [2.24, 2.45) is 0 Å². The summed E-state index contributed by atoms with van der Waals surface area (Å²) in [6.07, 6.45) is 1.11. The summed E-state index contributed by atoms with van der Waals surface area (Å²) in [5.74, 6) is 0.0663. The molecule has 0 aliphatic carbocycles. The van der Waals surface area contributed by atoms with Gasteiger partial charge < -0.3 is 14.7 Å². The van der Waals surface area contributed by atoms with E-state index in [1.807, 2.05) is 23.1 Å². The molecule has 0 saturated carbocycles. The molecule has 1 fully saturated rings. The fourth-order valence-electron chi connectivity index (χ4n) is 2.56. The van der Waals surface area contributed by atoms with Crippen LogP contribution in [0.25, 0.3) is 0 Å². The van der Waals surface area contributed by atoms with Gasteiger partial charge in [0, 0.05) is 18.7 Å². The first-order valence-corrected chi connectivity index (χ1v) is 6.41. The largest absolute Gasteiger partial charge is 0.393 e. The summed E-state index contributed by atoms with van der Waals surface area (Å²) < 4.78 is 5.35. The molecule has 1 aromatic carbocycles. The van der Waals surface area contributed by atoms with Crippen LogP contribution in [0.3, 0.4) is 0 Å². The summed E-state index contributed by atoms with van der Waals surface area (Å²) in [6, 6.07) is 5.80. The fraction of sp³-hybridized carbons (Fsp3) is 0.500. The van der Waals surface area contributed by atoms with Gasteiger partial charge in [-0.1, -0.05) is 6.07 Å². The van der Waals surface area contributed by atoms with Crippen LogP contribution in [0.1, 0.15) is 34.3 Å². The number of carbonyl (C=O) groups excluding carboxylic acids is 1. The summed E-state index contributed by atoms with van der Waals surface area (Å²) in [4.78, 5) is 14.1. The standard InChI is InChI=1S/C14H17NO3/c16-13-3-5-15(6-4-13)14(17)10-1-2-11-8-18-9-12(11)7-10/h1-2,7,13,16H,3-6,8-9H2. The zero-order chi connectivity index (χ0) is 12.5. The quantitative estimate of drug-likeness (QED) is 0.814. The molecule has 0 unspecified atom stereocenters. The van der Waals surface area contributed by atoms with Crippen molar-refractivity contribution in [2.75, 3.05) is 13.1 Å². The van der Waals surface area contributed by atoms with E-state index in [1.165, 1.54) is 5.56 Å². The van der Waals surface area contributed by atoms with Gasteiger partial charge in [-0.2, -0.15) is 0 Å². The smallest absolute Gasteiger partial charge is 0.253 e. The van der Waals surface area contributed by atoms with Crippen molar-refractivity contribution in [1.82, 2.24) is 4.90 Å². The minimum atomic E-state index is -0.248. The van der Waals surface area contributed by atoms with Crippen molar-refractivity contribution in [1.29, 1.82) is 0 Å². The molecule has 1 amide bonds. The molecule has 2 aliphatic heterocycles. The van der Waals surface area contributed by atoms with Crippen LogP contribution in [0.4, 0.5) is 0 Å². The molecule has 0 radical (unpaired) electrons. The van der Waals surface area contributed by atoms with E-state index in [0.29, 0.717) is 39.1 Å². The van der Waals surface area contributed by atoms with Crippen molar-refractivity contribution in [3.8, 4) is 0 Å². The Kier molecular flexibility index (Phi) is 3.06. The molecule has 2 aliphatic rings. The average Bonchev–Trinajstić information content (AvgIpc) is 2.86. The zero-order valence-corrected chi connectivity index (χ0v) is 10.3. The van der Waals surface area contributed by atoms with Gasteiger partial charge in [-0.05, 0) is 36.1 Å². The number of hydrogen-bond donors (Lipinski definition) is 1. The summed E-state index contributed by atoms with van der Waals surface area (Å²) in [6.45, 7) is 2.55. The number of piperidine rings is 1. The molecular formula is C14H17NO3. The monoisotopic (exact) mass is 247 g/mol. The van der Waals surface area contributed by atoms with E-state index in [2.05, 4.69) is 0 Å².